The molecule has 0 radical (unpaired) electrons. The number of carbonyl (C=O) groups is 2. The summed E-state index contributed by atoms with van der Waals surface area (Å²) in [5.74, 6) is -1.48. The summed E-state index contributed by atoms with van der Waals surface area (Å²) in [6, 6.07) is 10.2. The molecule has 2 amide bonds. The van der Waals surface area contributed by atoms with Gasteiger partial charge < -0.3 is 11.1 Å². The summed E-state index contributed by atoms with van der Waals surface area (Å²) in [6.45, 7) is 1.67. The van der Waals surface area contributed by atoms with Crippen LogP contribution in [0, 0.1) is 17.2 Å². The summed E-state index contributed by atoms with van der Waals surface area (Å²) >= 11 is 0. The van der Waals surface area contributed by atoms with Gasteiger partial charge in [-0.25, -0.2) is 0 Å². The molecule has 0 aliphatic heterocycles. The summed E-state index contributed by atoms with van der Waals surface area (Å²) in [5, 5.41) is 12.2. The molecule has 0 bridgehead atoms. The number of carbonyl (C=O) groups excluding carboxylic acids is 2. The Morgan fingerprint density at radius 2 is 2.14 bits per heavy atom. The van der Waals surface area contributed by atoms with Crippen molar-refractivity contribution in [2.45, 2.75) is 19.4 Å². The molecule has 0 saturated carbocycles. The van der Waals surface area contributed by atoms with Crippen molar-refractivity contribution in [3.63, 3.8) is 0 Å². The number of nitrogens with two attached hydrogens (primary N) is 1. The van der Waals surface area contributed by atoms with Gasteiger partial charge in [0, 0.05) is 17.5 Å². The predicted molar refractivity (Wildman–Crippen MR) is 81.6 cm³/mol. The smallest absolute Gasteiger partial charge is 0.253 e. The fourth-order valence-electron chi connectivity index (χ4n) is 2.09. The van der Waals surface area contributed by atoms with Crippen molar-refractivity contribution in [3.05, 3.63) is 42.1 Å². The first-order valence-electron chi connectivity index (χ1n) is 6.86. The number of fused-ring (bicyclic) bond motifs is 1. The third-order valence-corrected chi connectivity index (χ3v) is 3.31. The molecule has 0 unspecified atom stereocenters. The van der Waals surface area contributed by atoms with Crippen LogP contribution in [0.4, 0.5) is 0 Å². The summed E-state index contributed by atoms with van der Waals surface area (Å²) in [4.78, 5) is 27.8. The fraction of sp³-hybridized carbons (Fsp3) is 0.250. The highest BCUT2D eigenvalue weighted by Crippen LogP contribution is 2.13. The van der Waals surface area contributed by atoms with Crippen LogP contribution in [0.1, 0.15) is 23.7 Å². The monoisotopic (exact) mass is 296 g/mol. The van der Waals surface area contributed by atoms with Gasteiger partial charge in [0.05, 0.1) is 17.1 Å². The molecule has 6 heteroatoms. The van der Waals surface area contributed by atoms with E-state index in [9.17, 15) is 9.59 Å². The minimum absolute atomic E-state index is 0.179. The Morgan fingerprint density at radius 1 is 1.41 bits per heavy atom. The molecule has 112 valence electrons. The average Bonchev–Trinajstić information content (AvgIpc) is 2.53. The molecule has 2 atom stereocenters. The third-order valence-electron chi connectivity index (χ3n) is 3.31. The largest absolute Gasteiger partial charge is 0.368 e. The zero-order chi connectivity index (χ0) is 16.1. The molecule has 3 N–H and O–H groups in total. The summed E-state index contributed by atoms with van der Waals surface area (Å²) in [7, 11) is 0. The van der Waals surface area contributed by atoms with Crippen LogP contribution >= 0.6 is 0 Å². The van der Waals surface area contributed by atoms with E-state index in [-0.39, 0.29) is 12.3 Å². The molecule has 0 spiro atoms. The van der Waals surface area contributed by atoms with Crippen LogP contribution in [0.5, 0.6) is 0 Å². The number of hydrogen-bond acceptors (Lipinski definition) is 4. The first-order valence-corrected chi connectivity index (χ1v) is 6.86. The number of primary amides is 1. The number of amides is 2. The van der Waals surface area contributed by atoms with Crippen LogP contribution in [0.2, 0.25) is 0 Å². The van der Waals surface area contributed by atoms with Gasteiger partial charge in [-0.1, -0.05) is 18.2 Å². The number of hydrogen-bond donors (Lipinski definition) is 2. The normalized spacial score (nSPS) is 13.1. The lowest BCUT2D eigenvalue weighted by molar-refractivity contribution is -0.120. The minimum Gasteiger partial charge on any atom is -0.368 e. The van der Waals surface area contributed by atoms with Gasteiger partial charge in [-0.3, -0.25) is 14.6 Å². The maximum atomic E-state index is 12.2. The number of nitrogens with one attached hydrogen (secondary N) is 1. The zero-order valence-electron chi connectivity index (χ0n) is 12.1. The molecule has 6 nitrogen and oxygen atoms in total. The van der Waals surface area contributed by atoms with Gasteiger partial charge in [-0.05, 0) is 25.5 Å². The van der Waals surface area contributed by atoms with Gasteiger partial charge in [0.25, 0.3) is 5.91 Å². The van der Waals surface area contributed by atoms with E-state index in [0.717, 1.165) is 10.9 Å². The van der Waals surface area contributed by atoms with E-state index >= 15 is 0 Å². The number of para-hydroxylation sites is 1. The van der Waals surface area contributed by atoms with Gasteiger partial charge in [0.1, 0.15) is 6.04 Å². The van der Waals surface area contributed by atoms with Crippen molar-refractivity contribution in [2.24, 2.45) is 11.7 Å². The standard InChI is InChI=1S/C16H16N4O2/c1-10(8-17)6-14(15(18)21)20-16(22)12-7-11-4-2-3-5-13(11)19-9-12/h2-5,7,9-10,14H,6H2,1H3,(H2,18,21)(H,20,22)/t10-,14+/m0/s1. The van der Waals surface area contributed by atoms with Gasteiger partial charge in [-0.2, -0.15) is 5.26 Å². The van der Waals surface area contributed by atoms with Crippen molar-refractivity contribution in [1.82, 2.24) is 10.3 Å². The molecule has 1 aromatic heterocycles. The molecule has 0 aliphatic rings. The highest BCUT2D eigenvalue weighted by Gasteiger charge is 2.21. The first-order chi connectivity index (χ1) is 10.5. The topological polar surface area (TPSA) is 109 Å². The third kappa shape index (κ3) is 3.58. The van der Waals surface area contributed by atoms with Crippen molar-refractivity contribution in [2.75, 3.05) is 0 Å². The number of aromatic nitrogens is 1. The molecule has 1 heterocycles. The second-order valence-electron chi connectivity index (χ2n) is 5.11. The second-order valence-corrected chi connectivity index (χ2v) is 5.11. The SMILES string of the molecule is C[C@H](C#N)C[C@@H](NC(=O)c1cnc2ccccc2c1)C(N)=O. The quantitative estimate of drug-likeness (QED) is 0.868. The van der Waals surface area contributed by atoms with E-state index in [0.29, 0.717) is 5.56 Å². The van der Waals surface area contributed by atoms with Crippen molar-refractivity contribution < 1.29 is 9.59 Å². The Hall–Kier alpha value is -2.94. The molecule has 22 heavy (non-hydrogen) atoms. The average molecular weight is 296 g/mol. The summed E-state index contributed by atoms with van der Waals surface area (Å²) in [6.07, 6.45) is 1.63. The van der Waals surface area contributed by atoms with Crippen LogP contribution in [-0.2, 0) is 4.79 Å². The van der Waals surface area contributed by atoms with Gasteiger partial charge >= 0.3 is 0 Å². The Labute approximate surface area is 127 Å². The minimum atomic E-state index is -0.881. The maximum absolute atomic E-state index is 12.2. The van der Waals surface area contributed by atoms with Crippen LogP contribution < -0.4 is 11.1 Å². The number of nitrogens with zero attached hydrogens (tertiary/aromatic N) is 2. The first kappa shape index (κ1) is 15.4. The van der Waals surface area contributed by atoms with Crippen molar-refractivity contribution >= 4 is 22.7 Å². The molecule has 0 saturated heterocycles. The Morgan fingerprint density at radius 3 is 2.82 bits per heavy atom. The van der Waals surface area contributed by atoms with E-state index in [2.05, 4.69) is 10.3 Å². The van der Waals surface area contributed by atoms with Gasteiger partial charge in [0.2, 0.25) is 5.91 Å². The number of nitriles is 1. The molecule has 0 aliphatic carbocycles. The second kappa shape index (κ2) is 6.68. The molecule has 2 rings (SSSR count). The van der Waals surface area contributed by atoms with E-state index in [1.807, 2.05) is 30.3 Å². The van der Waals surface area contributed by atoms with Crippen LogP contribution in [-0.4, -0.2) is 22.8 Å². The van der Waals surface area contributed by atoms with Crippen molar-refractivity contribution in [3.8, 4) is 6.07 Å². The van der Waals surface area contributed by atoms with Gasteiger partial charge in [-0.15, -0.1) is 0 Å². The van der Waals surface area contributed by atoms with Gasteiger partial charge in [0.15, 0.2) is 0 Å². The number of rotatable bonds is 5. The Kier molecular flexibility index (Phi) is 4.69. The molecular formula is C16H16N4O2. The lowest BCUT2D eigenvalue weighted by atomic mass is 10.0. The fourth-order valence-corrected chi connectivity index (χ4v) is 2.09. The predicted octanol–water partition coefficient (Wildman–Crippen LogP) is 1.37. The number of pyridine rings is 1. The highest BCUT2D eigenvalue weighted by molar-refractivity contribution is 5.99. The van der Waals surface area contributed by atoms with E-state index < -0.39 is 17.9 Å². The van der Waals surface area contributed by atoms with E-state index in [1.165, 1.54) is 6.20 Å². The molecule has 0 fully saturated rings. The van der Waals surface area contributed by atoms with Crippen LogP contribution in [0.25, 0.3) is 10.9 Å². The molecule has 2 aromatic rings. The van der Waals surface area contributed by atoms with Crippen molar-refractivity contribution in [1.29, 1.82) is 5.26 Å². The molecule has 1 aromatic carbocycles. The lowest BCUT2D eigenvalue weighted by Crippen LogP contribution is -2.45. The van der Waals surface area contributed by atoms with E-state index in [4.69, 9.17) is 11.0 Å². The van der Waals surface area contributed by atoms with E-state index in [1.54, 1.807) is 13.0 Å². The number of benzene rings is 1. The zero-order valence-corrected chi connectivity index (χ0v) is 12.1. The van der Waals surface area contributed by atoms with Crippen LogP contribution in [0.3, 0.4) is 0 Å². The lowest BCUT2D eigenvalue weighted by Gasteiger charge is -2.16. The summed E-state index contributed by atoms with van der Waals surface area (Å²) < 4.78 is 0. The maximum Gasteiger partial charge on any atom is 0.253 e. The Bertz CT molecular complexity index is 751. The van der Waals surface area contributed by atoms with Crippen LogP contribution in [0.15, 0.2) is 36.5 Å². The summed E-state index contributed by atoms with van der Waals surface area (Å²) in [5.41, 5.74) is 6.40. The highest BCUT2D eigenvalue weighted by atomic mass is 16.2. The Balaban J connectivity index is 2.18. The molecular weight excluding hydrogens is 280 g/mol.